The number of halogens is 3. The largest absolute Gasteiger partial charge is 0.516 e. The summed E-state index contributed by atoms with van der Waals surface area (Å²) in [4.78, 5) is 0. The molecule has 0 aliphatic heterocycles. The first-order chi connectivity index (χ1) is 7.28. The SMILES string of the molecule is CNc1ccccc1NS(=O)(=O)C(F)(F)F. The van der Waals surface area contributed by atoms with E-state index in [0.29, 0.717) is 0 Å². The van der Waals surface area contributed by atoms with Gasteiger partial charge in [-0.2, -0.15) is 21.6 Å². The lowest BCUT2D eigenvalue weighted by Gasteiger charge is -2.13. The Labute approximate surface area is 90.5 Å². The first-order valence-corrected chi connectivity index (χ1v) is 5.62. The third kappa shape index (κ3) is 2.57. The van der Waals surface area contributed by atoms with Gasteiger partial charge in [-0.15, -0.1) is 0 Å². The molecule has 0 aliphatic carbocycles. The summed E-state index contributed by atoms with van der Waals surface area (Å²) < 4.78 is 59.4. The lowest BCUT2D eigenvalue weighted by atomic mass is 10.3. The predicted molar refractivity (Wildman–Crippen MR) is 54.6 cm³/mol. The second kappa shape index (κ2) is 4.20. The first-order valence-electron chi connectivity index (χ1n) is 4.14. The van der Waals surface area contributed by atoms with Crippen LogP contribution in [0.4, 0.5) is 24.5 Å². The van der Waals surface area contributed by atoms with E-state index in [1.807, 2.05) is 0 Å². The minimum atomic E-state index is -5.37. The number of alkyl halides is 3. The second-order valence-electron chi connectivity index (χ2n) is 2.85. The number of rotatable bonds is 3. The highest BCUT2D eigenvalue weighted by atomic mass is 32.2. The molecule has 1 aromatic rings. The molecule has 0 saturated heterocycles. The van der Waals surface area contributed by atoms with Gasteiger partial charge in [-0.25, -0.2) is 0 Å². The summed E-state index contributed by atoms with van der Waals surface area (Å²) >= 11 is 0. The van der Waals surface area contributed by atoms with Crippen molar-refractivity contribution in [2.45, 2.75) is 5.51 Å². The summed E-state index contributed by atoms with van der Waals surface area (Å²) in [6.45, 7) is 0. The van der Waals surface area contributed by atoms with Gasteiger partial charge < -0.3 is 5.32 Å². The molecule has 8 heteroatoms. The lowest BCUT2D eigenvalue weighted by Crippen LogP contribution is -2.30. The van der Waals surface area contributed by atoms with Gasteiger partial charge in [-0.05, 0) is 12.1 Å². The van der Waals surface area contributed by atoms with Crippen LogP contribution in [0.1, 0.15) is 0 Å². The van der Waals surface area contributed by atoms with Crippen LogP contribution in [-0.4, -0.2) is 21.0 Å². The maximum atomic E-state index is 12.1. The van der Waals surface area contributed by atoms with Crippen LogP contribution in [-0.2, 0) is 10.0 Å². The van der Waals surface area contributed by atoms with Gasteiger partial charge in [0.25, 0.3) is 0 Å². The van der Waals surface area contributed by atoms with Gasteiger partial charge in [-0.1, -0.05) is 12.1 Å². The molecule has 0 heterocycles. The van der Waals surface area contributed by atoms with Crippen molar-refractivity contribution in [1.29, 1.82) is 0 Å². The Bertz CT molecular complexity index is 470. The highest BCUT2D eigenvalue weighted by molar-refractivity contribution is 7.93. The fourth-order valence-electron chi connectivity index (χ4n) is 0.993. The minimum absolute atomic E-state index is 0.151. The van der Waals surface area contributed by atoms with Gasteiger partial charge in [0.05, 0.1) is 11.4 Å². The number of benzene rings is 1. The van der Waals surface area contributed by atoms with Crippen LogP contribution in [0, 0.1) is 0 Å². The van der Waals surface area contributed by atoms with Gasteiger partial charge in [0, 0.05) is 7.05 Å². The van der Waals surface area contributed by atoms with Gasteiger partial charge in [-0.3, -0.25) is 4.72 Å². The molecular formula is C8H9F3N2O2S. The summed E-state index contributed by atoms with van der Waals surface area (Å²) in [6.07, 6.45) is 0. The summed E-state index contributed by atoms with van der Waals surface area (Å²) in [5.74, 6) is 0. The molecule has 0 fully saturated rings. The van der Waals surface area contributed by atoms with Crippen LogP contribution in [0.5, 0.6) is 0 Å². The van der Waals surface area contributed by atoms with Crippen molar-refractivity contribution >= 4 is 21.4 Å². The number of para-hydroxylation sites is 2. The number of anilines is 2. The molecule has 2 N–H and O–H groups in total. The molecule has 0 aliphatic rings. The number of hydrogen-bond donors (Lipinski definition) is 2. The van der Waals surface area contributed by atoms with Gasteiger partial charge in [0.1, 0.15) is 0 Å². The Kier molecular flexibility index (Phi) is 3.32. The smallest absolute Gasteiger partial charge is 0.386 e. The Morgan fingerprint density at radius 3 is 2.06 bits per heavy atom. The number of sulfonamides is 1. The average molecular weight is 254 g/mol. The summed E-state index contributed by atoms with van der Waals surface area (Å²) in [6, 6.07) is 5.68. The van der Waals surface area contributed by atoms with Crippen LogP contribution in [0.2, 0.25) is 0 Å². The lowest BCUT2D eigenvalue weighted by molar-refractivity contribution is -0.0429. The maximum absolute atomic E-state index is 12.1. The van der Waals surface area contributed by atoms with Crippen LogP contribution < -0.4 is 10.0 Å². The fourth-order valence-corrected chi connectivity index (χ4v) is 1.58. The zero-order valence-corrected chi connectivity index (χ0v) is 8.98. The van der Waals surface area contributed by atoms with E-state index in [1.165, 1.54) is 30.0 Å². The minimum Gasteiger partial charge on any atom is -0.386 e. The zero-order chi connectivity index (χ0) is 12.4. The highest BCUT2D eigenvalue weighted by Crippen LogP contribution is 2.28. The van der Waals surface area contributed by atoms with Gasteiger partial charge in [0.15, 0.2) is 0 Å². The monoisotopic (exact) mass is 254 g/mol. The molecule has 0 amide bonds. The maximum Gasteiger partial charge on any atom is 0.516 e. The number of hydrogen-bond acceptors (Lipinski definition) is 3. The molecule has 0 radical (unpaired) electrons. The molecule has 1 rings (SSSR count). The molecule has 0 atom stereocenters. The third-order valence-electron chi connectivity index (χ3n) is 1.75. The third-order valence-corrected chi connectivity index (χ3v) is 2.84. The number of nitrogens with one attached hydrogen (secondary N) is 2. The van der Waals surface area contributed by atoms with Crippen LogP contribution in [0.25, 0.3) is 0 Å². The van der Waals surface area contributed by atoms with Crippen LogP contribution in [0.3, 0.4) is 0 Å². The van der Waals surface area contributed by atoms with E-state index < -0.39 is 15.5 Å². The van der Waals surface area contributed by atoms with E-state index in [4.69, 9.17) is 0 Å². The standard InChI is InChI=1S/C8H9F3N2O2S/c1-12-6-4-2-3-5-7(6)13-16(14,15)8(9,10)11/h2-5,12-13H,1H3. The van der Waals surface area contributed by atoms with E-state index in [-0.39, 0.29) is 11.4 Å². The Morgan fingerprint density at radius 1 is 1.12 bits per heavy atom. The molecule has 0 unspecified atom stereocenters. The Hall–Kier alpha value is -1.44. The zero-order valence-electron chi connectivity index (χ0n) is 8.17. The van der Waals surface area contributed by atoms with E-state index >= 15 is 0 Å². The normalized spacial score (nSPS) is 12.2. The molecule has 0 aromatic heterocycles. The van der Waals surface area contributed by atoms with E-state index in [2.05, 4.69) is 5.32 Å². The van der Waals surface area contributed by atoms with Gasteiger partial charge >= 0.3 is 15.5 Å². The van der Waals surface area contributed by atoms with E-state index in [0.717, 1.165) is 0 Å². The highest BCUT2D eigenvalue weighted by Gasteiger charge is 2.46. The summed E-state index contributed by atoms with van der Waals surface area (Å²) in [5.41, 5.74) is -5.22. The summed E-state index contributed by atoms with van der Waals surface area (Å²) in [5, 5.41) is 2.58. The second-order valence-corrected chi connectivity index (χ2v) is 4.52. The summed E-state index contributed by atoms with van der Waals surface area (Å²) in [7, 11) is -3.90. The van der Waals surface area contributed by atoms with Crippen molar-refractivity contribution in [1.82, 2.24) is 0 Å². The van der Waals surface area contributed by atoms with Crippen molar-refractivity contribution in [3.8, 4) is 0 Å². The van der Waals surface area contributed by atoms with Crippen molar-refractivity contribution in [2.24, 2.45) is 0 Å². The molecule has 0 saturated carbocycles. The average Bonchev–Trinajstić information content (AvgIpc) is 2.16. The van der Waals surface area contributed by atoms with Crippen molar-refractivity contribution < 1.29 is 21.6 Å². The fraction of sp³-hybridized carbons (Fsp3) is 0.250. The molecular weight excluding hydrogens is 245 g/mol. The molecule has 90 valence electrons. The van der Waals surface area contributed by atoms with Gasteiger partial charge in [0.2, 0.25) is 0 Å². The Morgan fingerprint density at radius 2 is 1.62 bits per heavy atom. The van der Waals surface area contributed by atoms with E-state index in [1.54, 1.807) is 6.07 Å². The quantitative estimate of drug-likeness (QED) is 0.867. The molecule has 4 nitrogen and oxygen atoms in total. The van der Waals surface area contributed by atoms with E-state index in [9.17, 15) is 21.6 Å². The van der Waals surface area contributed by atoms with Crippen LogP contribution in [0.15, 0.2) is 24.3 Å². The van der Waals surface area contributed by atoms with Crippen molar-refractivity contribution in [3.05, 3.63) is 24.3 Å². The first kappa shape index (κ1) is 12.6. The van der Waals surface area contributed by atoms with Crippen LogP contribution >= 0.6 is 0 Å². The molecule has 16 heavy (non-hydrogen) atoms. The Balaban J connectivity index is 3.06. The predicted octanol–water partition coefficient (Wildman–Crippen LogP) is 1.99. The topological polar surface area (TPSA) is 58.2 Å². The molecule has 1 aromatic carbocycles. The van der Waals surface area contributed by atoms with Crippen molar-refractivity contribution in [3.63, 3.8) is 0 Å². The molecule has 0 spiro atoms. The molecule has 0 bridgehead atoms. The van der Waals surface area contributed by atoms with Crippen molar-refractivity contribution in [2.75, 3.05) is 17.1 Å².